The van der Waals surface area contributed by atoms with E-state index in [2.05, 4.69) is 13.8 Å². The number of thioether (sulfide) groups is 1. The topological polar surface area (TPSA) is 34.1 Å². The summed E-state index contributed by atoms with van der Waals surface area (Å²) in [5.74, 6) is 0.0290. The molecule has 0 fully saturated rings. The molecule has 0 aliphatic carbocycles. The van der Waals surface area contributed by atoms with Crippen LogP contribution >= 0.6 is 11.8 Å². The van der Waals surface area contributed by atoms with Crippen molar-refractivity contribution in [1.29, 1.82) is 0 Å². The maximum atomic E-state index is 11.4. The Labute approximate surface area is 86.7 Å². The Kier molecular flexibility index (Phi) is 2.19. The van der Waals surface area contributed by atoms with Crippen LogP contribution in [0.15, 0.2) is 23.1 Å². The summed E-state index contributed by atoms with van der Waals surface area (Å²) in [6.45, 7) is 4.13. The number of hydrogen-bond donors (Lipinski definition) is 0. The molecule has 0 saturated heterocycles. The first-order valence-electron chi connectivity index (χ1n) is 4.50. The summed E-state index contributed by atoms with van der Waals surface area (Å²) in [6.07, 6.45) is 0. The number of benzene rings is 1. The molecule has 0 saturated carbocycles. The van der Waals surface area contributed by atoms with Crippen LogP contribution in [0.1, 0.15) is 35.7 Å². The van der Waals surface area contributed by atoms with Gasteiger partial charge in [0.25, 0.3) is 5.12 Å². The molecule has 0 atom stereocenters. The van der Waals surface area contributed by atoms with E-state index in [1.165, 1.54) is 0 Å². The fourth-order valence-corrected chi connectivity index (χ4v) is 2.23. The van der Waals surface area contributed by atoms with Gasteiger partial charge in [0.15, 0.2) is 0 Å². The smallest absolute Gasteiger partial charge is 0.264 e. The normalized spacial score (nSPS) is 15.1. The third-order valence-electron chi connectivity index (χ3n) is 2.30. The number of carbonyl (C=O) groups excluding carboxylic acids is 2. The van der Waals surface area contributed by atoms with E-state index in [9.17, 15) is 9.59 Å². The van der Waals surface area contributed by atoms with Crippen molar-refractivity contribution in [2.24, 2.45) is 0 Å². The van der Waals surface area contributed by atoms with Gasteiger partial charge in [-0.05, 0) is 35.4 Å². The number of carbonyl (C=O) groups is 2. The summed E-state index contributed by atoms with van der Waals surface area (Å²) in [6, 6.07) is 5.67. The van der Waals surface area contributed by atoms with E-state index >= 15 is 0 Å². The molecule has 0 spiro atoms. The number of Topliss-reactive ketones (excluding diaryl/α,β-unsaturated/α-hetero) is 1. The van der Waals surface area contributed by atoms with Gasteiger partial charge in [-0.25, -0.2) is 0 Å². The lowest BCUT2D eigenvalue weighted by Crippen LogP contribution is -2.03. The summed E-state index contributed by atoms with van der Waals surface area (Å²) in [4.78, 5) is 23.3. The first-order valence-corrected chi connectivity index (χ1v) is 5.31. The summed E-state index contributed by atoms with van der Waals surface area (Å²) < 4.78 is 0. The highest BCUT2D eigenvalue weighted by Gasteiger charge is 2.29. The maximum absolute atomic E-state index is 11.4. The average Bonchev–Trinajstić information content (AvgIpc) is 2.43. The van der Waals surface area contributed by atoms with Crippen molar-refractivity contribution in [2.75, 3.05) is 0 Å². The molecule has 1 aromatic rings. The van der Waals surface area contributed by atoms with Crippen LogP contribution in [-0.2, 0) is 4.79 Å². The highest BCUT2D eigenvalue weighted by atomic mass is 32.2. The van der Waals surface area contributed by atoms with Gasteiger partial charge in [0, 0.05) is 10.5 Å². The van der Waals surface area contributed by atoms with Gasteiger partial charge < -0.3 is 0 Å². The molecule has 0 aromatic heterocycles. The lowest BCUT2D eigenvalue weighted by atomic mass is 10.00. The minimum absolute atomic E-state index is 0.354. The van der Waals surface area contributed by atoms with Crippen LogP contribution in [0, 0.1) is 0 Å². The molecule has 72 valence electrons. The highest BCUT2D eigenvalue weighted by molar-refractivity contribution is 8.16. The molecule has 2 nitrogen and oxygen atoms in total. The predicted molar refractivity (Wildman–Crippen MR) is 55.7 cm³/mol. The van der Waals surface area contributed by atoms with Crippen LogP contribution < -0.4 is 0 Å². The largest absolute Gasteiger partial charge is 0.284 e. The van der Waals surface area contributed by atoms with E-state index in [4.69, 9.17) is 0 Å². The molecule has 14 heavy (non-hydrogen) atoms. The fraction of sp³-hybridized carbons (Fsp3) is 0.273. The Morgan fingerprint density at radius 2 is 1.93 bits per heavy atom. The maximum Gasteiger partial charge on any atom is 0.264 e. The third kappa shape index (κ3) is 1.38. The van der Waals surface area contributed by atoms with Crippen molar-refractivity contribution in [3.05, 3.63) is 29.3 Å². The molecule has 1 heterocycles. The van der Waals surface area contributed by atoms with Gasteiger partial charge >= 0.3 is 0 Å². The molecular weight excluding hydrogens is 196 g/mol. The molecule has 1 aliphatic rings. The fourth-order valence-electron chi connectivity index (χ4n) is 1.43. The van der Waals surface area contributed by atoms with Crippen LogP contribution in [-0.4, -0.2) is 10.9 Å². The minimum atomic E-state index is -0.360. The van der Waals surface area contributed by atoms with Crippen LogP contribution in [0.4, 0.5) is 0 Å². The molecule has 0 amide bonds. The van der Waals surface area contributed by atoms with Crippen LogP contribution in [0.25, 0.3) is 0 Å². The minimum Gasteiger partial charge on any atom is -0.284 e. The Morgan fingerprint density at radius 3 is 2.57 bits per heavy atom. The van der Waals surface area contributed by atoms with E-state index in [1.807, 2.05) is 18.2 Å². The quantitative estimate of drug-likeness (QED) is 0.662. The Balaban J connectivity index is 2.51. The van der Waals surface area contributed by atoms with Crippen molar-refractivity contribution in [1.82, 2.24) is 0 Å². The second-order valence-electron chi connectivity index (χ2n) is 3.63. The van der Waals surface area contributed by atoms with E-state index in [-0.39, 0.29) is 10.9 Å². The Morgan fingerprint density at radius 1 is 1.21 bits per heavy atom. The number of fused-ring (bicyclic) bond motifs is 1. The van der Waals surface area contributed by atoms with E-state index in [1.54, 1.807) is 0 Å². The first kappa shape index (κ1) is 9.46. The zero-order valence-electron chi connectivity index (χ0n) is 8.03. The van der Waals surface area contributed by atoms with E-state index in [0.29, 0.717) is 11.5 Å². The summed E-state index contributed by atoms with van der Waals surface area (Å²) in [5, 5.41) is -0.360. The van der Waals surface area contributed by atoms with Gasteiger partial charge in [0.1, 0.15) is 0 Å². The van der Waals surface area contributed by atoms with Crippen LogP contribution in [0.2, 0.25) is 0 Å². The average molecular weight is 206 g/mol. The molecule has 0 radical (unpaired) electrons. The van der Waals surface area contributed by atoms with Crippen molar-refractivity contribution < 1.29 is 9.59 Å². The molecule has 2 rings (SSSR count). The molecular formula is C11H10O2S. The molecule has 3 heteroatoms. The second kappa shape index (κ2) is 3.24. The summed E-state index contributed by atoms with van der Waals surface area (Å²) >= 11 is 1.03. The third-order valence-corrected chi connectivity index (χ3v) is 3.25. The van der Waals surface area contributed by atoms with Crippen molar-refractivity contribution in [3.63, 3.8) is 0 Å². The summed E-state index contributed by atoms with van der Waals surface area (Å²) in [5.41, 5.74) is 1.68. The molecule has 0 N–H and O–H groups in total. The van der Waals surface area contributed by atoms with Gasteiger partial charge in [-0.1, -0.05) is 19.9 Å². The lowest BCUT2D eigenvalue weighted by molar-refractivity contribution is -0.107. The lowest BCUT2D eigenvalue weighted by Gasteiger charge is -2.05. The van der Waals surface area contributed by atoms with Gasteiger partial charge in [-0.3, -0.25) is 9.59 Å². The molecule has 1 aliphatic heterocycles. The number of ketones is 1. The number of rotatable bonds is 1. The SMILES string of the molecule is CC(C)c1ccc2c(c1)C(=O)C(=O)S2. The first-order chi connectivity index (χ1) is 6.59. The van der Waals surface area contributed by atoms with E-state index in [0.717, 1.165) is 22.2 Å². The Bertz CT molecular complexity index is 421. The second-order valence-corrected chi connectivity index (χ2v) is 4.64. The molecule has 0 bridgehead atoms. The summed E-state index contributed by atoms with van der Waals surface area (Å²) in [7, 11) is 0. The molecule has 0 unspecified atom stereocenters. The van der Waals surface area contributed by atoms with E-state index < -0.39 is 0 Å². The molecule has 1 aromatic carbocycles. The predicted octanol–water partition coefficient (Wildman–Crippen LogP) is 2.63. The number of hydrogen-bond acceptors (Lipinski definition) is 3. The van der Waals surface area contributed by atoms with Gasteiger partial charge in [0.05, 0.1) is 0 Å². The van der Waals surface area contributed by atoms with Crippen molar-refractivity contribution in [2.45, 2.75) is 24.7 Å². The van der Waals surface area contributed by atoms with Crippen LogP contribution in [0.3, 0.4) is 0 Å². The standard InChI is InChI=1S/C11H10O2S/c1-6(2)7-3-4-9-8(5-7)10(12)11(13)14-9/h3-6H,1-2H3. The van der Waals surface area contributed by atoms with Crippen molar-refractivity contribution >= 4 is 22.7 Å². The van der Waals surface area contributed by atoms with Crippen LogP contribution in [0.5, 0.6) is 0 Å². The zero-order valence-corrected chi connectivity index (χ0v) is 8.85. The zero-order chi connectivity index (χ0) is 10.3. The monoisotopic (exact) mass is 206 g/mol. The van der Waals surface area contributed by atoms with Gasteiger partial charge in [-0.2, -0.15) is 0 Å². The highest BCUT2D eigenvalue weighted by Crippen LogP contribution is 2.34. The van der Waals surface area contributed by atoms with Crippen molar-refractivity contribution in [3.8, 4) is 0 Å². The van der Waals surface area contributed by atoms with Gasteiger partial charge in [-0.15, -0.1) is 0 Å². The Hall–Kier alpha value is -1.09. The van der Waals surface area contributed by atoms with Gasteiger partial charge in [0.2, 0.25) is 5.78 Å².